The Morgan fingerprint density at radius 2 is 1.70 bits per heavy atom. The molecule has 3 aromatic rings. The minimum atomic E-state index is -0.896. The van der Waals surface area contributed by atoms with Crippen LogP contribution >= 0.6 is 11.3 Å². The lowest BCUT2D eigenvalue weighted by molar-refractivity contribution is -0.136. The Labute approximate surface area is 137 Å². The number of carboxylic acids is 1. The van der Waals surface area contributed by atoms with Gasteiger partial charge in [0.05, 0.1) is 12.1 Å². The number of aliphatic carboxylic acids is 1. The SMILES string of the molecule is Cc1ccc(-c2nc(-c3ccc(F)cc3)sc2CC(=O)O)cc1. The van der Waals surface area contributed by atoms with Crippen molar-refractivity contribution < 1.29 is 14.3 Å². The molecule has 2 aromatic carbocycles. The summed E-state index contributed by atoms with van der Waals surface area (Å²) in [6.45, 7) is 1.99. The summed E-state index contributed by atoms with van der Waals surface area (Å²) in [6, 6.07) is 13.9. The first kappa shape index (κ1) is 15.4. The number of halogens is 1. The third-order valence-corrected chi connectivity index (χ3v) is 4.53. The average molecular weight is 327 g/mol. The molecular formula is C18H14FNO2S. The van der Waals surface area contributed by atoms with Crippen LogP contribution in [0.3, 0.4) is 0 Å². The van der Waals surface area contributed by atoms with E-state index in [0.29, 0.717) is 15.6 Å². The zero-order valence-corrected chi connectivity index (χ0v) is 13.2. The van der Waals surface area contributed by atoms with E-state index in [2.05, 4.69) is 4.98 Å². The van der Waals surface area contributed by atoms with Gasteiger partial charge in [-0.15, -0.1) is 11.3 Å². The quantitative estimate of drug-likeness (QED) is 0.764. The van der Waals surface area contributed by atoms with Gasteiger partial charge in [0.2, 0.25) is 0 Å². The maximum atomic E-state index is 13.1. The van der Waals surface area contributed by atoms with E-state index in [-0.39, 0.29) is 12.2 Å². The third-order valence-electron chi connectivity index (χ3n) is 3.43. The number of thiazole rings is 1. The Bertz CT molecular complexity index is 838. The first-order chi connectivity index (χ1) is 11.0. The summed E-state index contributed by atoms with van der Waals surface area (Å²) in [5, 5.41) is 9.82. The van der Waals surface area contributed by atoms with E-state index >= 15 is 0 Å². The standard InChI is InChI=1S/C18H14FNO2S/c1-11-2-4-12(5-3-11)17-15(10-16(21)22)23-18(20-17)13-6-8-14(19)9-7-13/h2-9H,10H2,1H3,(H,21,22). The Balaban J connectivity index is 2.08. The van der Waals surface area contributed by atoms with Crippen LogP contribution in [0, 0.1) is 12.7 Å². The molecule has 0 unspecified atom stereocenters. The van der Waals surface area contributed by atoms with E-state index in [9.17, 15) is 9.18 Å². The van der Waals surface area contributed by atoms with E-state index in [4.69, 9.17) is 5.11 Å². The molecule has 3 nitrogen and oxygen atoms in total. The molecule has 0 saturated carbocycles. The zero-order valence-electron chi connectivity index (χ0n) is 12.4. The molecule has 0 aliphatic rings. The van der Waals surface area contributed by atoms with Crippen molar-refractivity contribution >= 4 is 17.3 Å². The van der Waals surface area contributed by atoms with Crippen molar-refractivity contribution in [2.75, 3.05) is 0 Å². The van der Waals surface area contributed by atoms with E-state index < -0.39 is 5.97 Å². The summed E-state index contributed by atoms with van der Waals surface area (Å²) >= 11 is 1.33. The van der Waals surface area contributed by atoms with Crippen molar-refractivity contribution in [1.82, 2.24) is 4.98 Å². The molecule has 0 amide bonds. The normalized spacial score (nSPS) is 10.7. The highest BCUT2D eigenvalue weighted by Crippen LogP contribution is 2.34. The van der Waals surface area contributed by atoms with Gasteiger partial charge in [-0.3, -0.25) is 4.79 Å². The van der Waals surface area contributed by atoms with Gasteiger partial charge in [0.15, 0.2) is 0 Å². The minimum absolute atomic E-state index is 0.0813. The van der Waals surface area contributed by atoms with Crippen LogP contribution in [0.2, 0.25) is 0 Å². The maximum Gasteiger partial charge on any atom is 0.308 e. The van der Waals surface area contributed by atoms with Crippen LogP contribution in [0.1, 0.15) is 10.4 Å². The predicted octanol–water partition coefficient (Wildman–Crippen LogP) is 4.55. The summed E-state index contributed by atoms with van der Waals surface area (Å²) in [5.74, 6) is -1.21. The van der Waals surface area contributed by atoms with Gasteiger partial charge in [-0.1, -0.05) is 29.8 Å². The van der Waals surface area contributed by atoms with E-state index in [1.165, 1.54) is 23.5 Å². The number of carbonyl (C=O) groups is 1. The molecule has 1 aromatic heterocycles. The average Bonchev–Trinajstić information content (AvgIpc) is 2.92. The second-order valence-corrected chi connectivity index (χ2v) is 6.32. The van der Waals surface area contributed by atoms with Gasteiger partial charge >= 0.3 is 5.97 Å². The Kier molecular flexibility index (Phi) is 4.21. The summed E-state index contributed by atoms with van der Waals surface area (Å²) in [6.07, 6.45) is -0.0813. The van der Waals surface area contributed by atoms with Crippen molar-refractivity contribution in [3.8, 4) is 21.8 Å². The molecule has 5 heteroatoms. The van der Waals surface area contributed by atoms with Crippen molar-refractivity contribution in [1.29, 1.82) is 0 Å². The largest absolute Gasteiger partial charge is 0.481 e. The Morgan fingerprint density at radius 3 is 2.30 bits per heavy atom. The van der Waals surface area contributed by atoms with E-state index in [1.54, 1.807) is 12.1 Å². The van der Waals surface area contributed by atoms with Crippen molar-refractivity contribution in [2.45, 2.75) is 13.3 Å². The molecule has 0 radical (unpaired) electrons. The number of nitrogens with zero attached hydrogens (tertiary/aromatic N) is 1. The van der Waals surface area contributed by atoms with Crippen LogP contribution in [0.15, 0.2) is 48.5 Å². The second kappa shape index (κ2) is 6.30. The molecule has 3 rings (SSSR count). The minimum Gasteiger partial charge on any atom is -0.481 e. The lowest BCUT2D eigenvalue weighted by Crippen LogP contribution is -1.99. The number of benzene rings is 2. The van der Waals surface area contributed by atoms with Gasteiger partial charge in [-0.05, 0) is 31.2 Å². The molecule has 0 bridgehead atoms. The van der Waals surface area contributed by atoms with Gasteiger partial charge in [0, 0.05) is 16.0 Å². The van der Waals surface area contributed by atoms with Crippen LogP contribution in [0.5, 0.6) is 0 Å². The maximum absolute atomic E-state index is 13.1. The summed E-state index contributed by atoms with van der Waals surface area (Å²) < 4.78 is 13.1. The van der Waals surface area contributed by atoms with Crippen LogP contribution in [-0.4, -0.2) is 16.1 Å². The lowest BCUT2D eigenvalue weighted by atomic mass is 10.1. The molecule has 116 valence electrons. The second-order valence-electron chi connectivity index (χ2n) is 5.23. The lowest BCUT2D eigenvalue weighted by Gasteiger charge is -2.01. The van der Waals surface area contributed by atoms with Gasteiger partial charge < -0.3 is 5.11 Å². The molecule has 0 atom stereocenters. The molecule has 0 spiro atoms. The fourth-order valence-corrected chi connectivity index (χ4v) is 3.34. The van der Waals surface area contributed by atoms with Crippen molar-refractivity contribution in [3.63, 3.8) is 0 Å². The van der Waals surface area contributed by atoms with Crippen LogP contribution < -0.4 is 0 Å². The molecule has 0 fully saturated rings. The van der Waals surface area contributed by atoms with Crippen LogP contribution in [0.25, 0.3) is 21.8 Å². The topological polar surface area (TPSA) is 50.2 Å². The van der Waals surface area contributed by atoms with Crippen LogP contribution in [0.4, 0.5) is 4.39 Å². The fraction of sp³-hybridized carbons (Fsp3) is 0.111. The first-order valence-electron chi connectivity index (χ1n) is 7.07. The molecule has 0 aliphatic carbocycles. The molecule has 1 N–H and O–H groups in total. The Hall–Kier alpha value is -2.53. The molecule has 0 saturated heterocycles. The zero-order chi connectivity index (χ0) is 16.4. The number of aryl methyl sites for hydroxylation is 1. The van der Waals surface area contributed by atoms with E-state index in [1.807, 2.05) is 31.2 Å². The van der Waals surface area contributed by atoms with Gasteiger partial charge in [0.25, 0.3) is 0 Å². The summed E-state index contributed by atoms with van der Waals surface area (Å²) in [5.41, 5.74) is 3.47. The van der Waals surface area contributed by atoms with Crippen molar-refractivity contribution in [2.24, 2.45) is 0 Å². The van der Waals surface area contributed by atoms with Crippen LogP contribution in [-0.2, 0) is 11.2 Å². The third kappa shape index (κ3) is 3.46. The summed E-state index contributed by atoms with van der Waals surface area (Å²) in [7, 11) is 0. The number of carboxylic acid groups (broad SMARTS) is 1. The highest BCUT2D eigenvalue weighted by atomic mass is 32.1. The highest BCUT2D eigenvalue weighted by Gasteiger charge is 2.16. The number of hydrogen-bond donors (Lipinski definition) is 1. The number of rotatable bonds is 4. The van der Waals surface area contributed by atoms with Gasteiger partial charge in [-0.25, -0.2) is 9.37 Å². The summed E-state index contributed by atoms with van der Waals surface area (Å²) in [4.78, 5) is 16.4. The molecule has 1 heterocycles. The molecule has 23 heavy (non-hydrogen) atoms. The molecular weight excluding hydrogens is 313 g/mol. The smallest absolute Gasteiger partial charge is 0.308 e. The van der Waals surface area contributed by atoms with E-state index in [0.717, 1.165) is 16.7 Å². The van der Waals surface area contributed by atoms with Crippen molar-refractivity contribution in [3.05, 3.63) is 64.8 Å². The first-order valence-corrected chi connectivity index (χ1v) is 7.89. The number of hydrogen-bond acceptors (Lipinski definition) is 3. The van der Waals surface area contributed by atoms with Gasteiger partial charge in [-0.2, -0.15) is 0 Å². The number of aromatic nitrogens is 1. The van der Waals surface area contributed by atoms with Gasteiger partial charge in [0.1, 0.15) is 10.8 Å². The predicted molar refractivity (Wildman–Crippen MR) is 89.0 cm³/mol. The monoisotopic (exact) mass is 327 g/mol. The Morgan fingerprint density at radius 1 is 1.09 bits per heavy atom. The highest BCUT2D eigenvalue weighted by molar-refractivity contribution is 7.15. The molecule has 0 aliphatic heterocycles. The fourth-order valence-electron chi connectivity index (χ4n) is 2.26.